The van der Waals surface area contributed by atoms with Crippen molar-refractivity contribution >= 4 is 12.0 Å². The molecule has 2 heterocycles. The number of nitrogens with one attached hydrogen (secondary N) is 1. The number of ether oxygens (including phenoxy) is 1. The van der Waals surface area contributed by atoms with Gasteiger partial charge in [0.15, 0.2) is 0 Å². The molecule has 3 rings (SSSR count). The van der Waals surface area contributed by atoms with E-state index in [9.17, 15) is 14.7 Å². The standard InChI is InChI=1S/C21H32N4O4/c1-20(2,3)29-19(28)25-14(12-24-18(27)15-13-22-9-10-23-15)11-21(4)16(25)7-5-6-8-17(21)26/h9-10,13-14,16-17,26H,5-8,11-12H2,1-4H3,(H,24,27)/t14-,16-,17+,21-/m1/s1. The summed E-state index contributed by atoms with van der Waals surface area (Å²) < 4.78 is 5.68. The highest BCUT2D eigenvalue weighted by atomic mass is 16.6. The average Bonchev–Trinajstić information content (AvgIpc) is 2.87. The maximum Gasteiger partial charge on any atom is 0.410 e. The zero-order chi connectivity index (χ0) is 21.2. The van der Waals surface area contributed by atoms with Gasteiger partial charge >= 0.3 is 6.09 Å². The molecule has 2 aliphatic rings. The number of hydrogen-bond acceptors (Lipinski definition) is 6. The van der Waals surface area contributed by atoms with Crippen LogP contribution in [0.15, 0.2) is 18.6 Å². The van der Waals surface area contributed by atoms with E-state index in [4.69, 9.17) is 4.74 Å². The van der Waals surface area contributed by atoms with E-state index in [0.29, 0.717) is 6.42 Å². The lowest BCUT2D eigenvalue weighted by molar-refractivity contribution is -0.00901. The minimum Gasteiger partial charge on any atom is -0.444 e. The van der Waals surface area contributed by atoms with Crippen LogP contribution in [0.3, 0.4) is 0 Å². The number of likely N-dealkylation sites (tertiary alicyclic amines) is 1. The molecule has 1 aliphatic carbocycles. The molecule has 1 aromatic heterocycles. The minimum atomic E-state index is -0.618. The van der Waals surface area contributed by atoms with Gasteiger partial charge in [0.25, 0.3) is 5.91 Å². The Kier molecular flexibility index (Phi) is 6.12. The minimum absolute atomic E-state index is 0.117. The van der Waals surface area contributed by atoms with Crippen LogP contribution in [0.5, 0.6) is 0 Å². The lowest BCUT2D eigenvalue weighted by Crippen LogP contribution is -2.50. The third-order valence-corrected chi connectivity index (χ3v) is 6.03. The molecular weight excluding hydrogens is 372 g/mol. The second-order valence-corrected chi connectivity index (χ2v) is 9.37. The van der Waals surface area contributed by atoms with E-state index in [1.807, 2.05) is 20.8 Å². The molecule has 1 saturated heterocycles. The fourth-order valence-corrected chi connectivity index (χ4v) is 4.63. The van der Waals surface area contributed by atoms with Crippen molar-refractivity contribution in [3.05, 3.63) is 24.3 Å². The number of aromatic nitrogens is 2. The van der Waals surface area contributed by atoms with E-state index in [1.165, 1.54) is 18.6 Å². The Morgan fingerprint density at radius 2 is 2.03 bits per heavy atom. The lowest BCUT2D eigenvalue weighted by Gasteiger charge is -2.37. The molecule has 160 valence electrons. The number of carbonyl (C=O) groups excluding carboxylic acids is 2. The van der Waals surface area contributed by atoms with Crippen molar-refractivity contribution in [3.8, 4) is 0 Å². The van der Waals surface area contributed by atoms with Crippen molar-refractivity contribution in [1.82, 2.24) is 20.2 Å². The molecule has 2 fully saturated rings. The number of nitrogens with zero attached hydrogens (tertiary/aromatic N) is 3. The van der Waals surface area contributed by atoms with Gasteiger partial charge < -0.3 is 15.2 Å². The molecule has 1 aromatic rings. The fraction of sp³-hybridized carbons (Fsp3) is 0.714. The van der Waals surface area contributed by atoms with Crippen molar-refractivity contribution in [2.45, 2.75) is 83.6 Å². The zero-order valence-corrected chi connectivity index (χ0v) is 17.7. The molecule has 2 N–H and O–H groups in total. The molecule has 0 bridgehead atoms. The summed E-state index contributed by atoms with van der Waals surface area (Å²) in [6.07, 6.45) is 7.57. The van der Waals surface area contributed by atoms with Gasteiger partial charge in [-0.2, -0.15) is 0 Å². The molecule has 29 heavy (non-hydrogen) atoms. The van der Waals surface area contributed by atoms with Gasteiger partial charge in [0, 0.05) is 30.4 Å². The summed E-state index contributed by atoms with van der Waals surface area (Å²) in [7, 11) is 0. The van der Waals surface area contributed by atoms with Crippen LogP contribution in [0, 0.1) is 5.41 Å². The predicted octanol–water partition coefficient (Wildman–Crippen LogP) is 2.53. The third-order valence-electron chi connectivity index (χ3n) is 6.03. The van der Waals surface area contributed by atoms with Crippen LogP contribution < -0.4 is 5.32 Å². The van der Waals surface area contributed by atoms with Crippen LogP contribution in [-0.4, -0.2) is 62.3 Å². The highest BCUT2D eigenvalue weighted by Gasteiger charge is 2.55. The van der Waals surface area contributed by atoms with Crippen LogP contribution in [-0.2, 0) is 4.74 Å². The lowest BCUT2D eigenvalue weighted by atomic mass is 9.75. The molecular formula is C21H32N4O4. The Morgan fingerprint density at radius 3 is 2.69 bits per heavy atom. The number of rotatable bonds is 3. The van der Waals surface area contributed by atoms with Crippen LogP contribution in [0.2, 0.25) is 0 Å². The molecule has 0 aromatic carbocycles. The highest BCUT2D eigenvalue weighted by molar-refractivity contribution is 5.91. The SMILES string of the molecule is CC(C)(C)OC(=O)N1[C@@H](CNC(=O)c2cnccn2)C[C@@]2(C)[C@@H](O)CCCC[C@@H]12. The molecule has 0 unspecified atom stereocenters. The highest BCUT2D eigenvalue weighted by Crippen LogP contribution is 2.48. The third kappa shape index (κ3) is 4.69. The molecule has 8 nitrogen and oxygen atoms in total. The van der Waals surface area contributed by atoms with Gasteiger partial charge in [0.2, 0.25) is 0 Å². The summed E-state index contributed by atoms with van der Waals surface area (Å²) in [6, 6.07) is -0.374. The van der Waals surface area contributed by atoms with E-state index in [1.54, 1.807) is 4.90 Å². The van der Waals surface area contributed by atoms with Crippen LogP contribution in [0.1, 0.15) is 70.3 Å². The van der Waals surface area contributed by atoms with Gasteiger partial charge in [-0.3, -0.25) is 14.7 Å². The summed E-state index contributed by atoms with van der Waals surface area (Å²) in [5.74, 6) is -0.333. The Bertz CT molecular complexity index is 736. The second kappa shape index (κ2) is 8.26. The first kappa shape index (κ1) is 21.5. The molecule has 0 spiro atoms. The Labute approximate surface area is 172 Å². The van der Waals surface area contributed by atoms with Gasteiger partial charge in [-0.15, -0.1) is 0 Å². The van der Waals surface area contributed by atoms with Crippen molar-refractivity contribution in [3.63, 3.8) is 0 Å². The summed E-state index contributed by atoms with van der Waals surface area (Å²) in [6.45, 7) is 7.84. The van der Waals surface area contributed by atoms with Gasteiger partial charge in [-0.1, -0.05) is 19.8 Å². The van der Waals surface area contributed by atoms with Crippen molar-refractivity contribution in [2.75, 3.05) is 6.54 Å². The van der Waals surface area contributed by atoms with Crippen LogP contribution in [0.25, 0.3) is 0 Å². The van der Waals surface area contributed by atoms with Crippen LogP contribution in [0.4, 0.5) is 4.79 Å². The monoisotopic (exact) mass is 404 g/mol. The van der Waals surface area contributed by atoms with Crippen molar-refractivity contribution in [1.29, 1.82) is 0 Å². The van der Waals surface area contributed by atoms with E-state index < -0.39 is 17.1 Å². The van der Waals surface area contributed by atoms with Crippen LogP contribution >= 0.6 is 0 Å². The molecule has 0 radical (unpaired) electrons. The fourth-order valence-electron chi connectivity index (χ4n) is 4.63. The number of fused-ring (bicyclic) bond motifs is 1. The number of hydrogen-bond donors (Lipinski definition) is 2. The summed E-state index contributed by atoms with van der Waals surface area (Å²) in [4.78, 5) is 35.2. The smallest absolute Gasteiger partial charge is 0.410 e. The first-order chi connectivity index (χ1) is 13.6. The Balaban J connectivity index is 1.81. The number of carbonyl (C=O) groups is 2. The van der Waals surface area contributed by atoms with E-state index in [0.717, 1.165) is 25.7 Å². The normalized spacial score (nSPS) is 29.7. The van der Waals surface area contributed by atoms with Gasteiger partial charge in [0.05, 0.1) is 18.3 Å². The largest absolute Gasteiger partial charge is 0.444 e. The molecule has 1 saturated carbocycles. The topological polar surface area (TPSA) is 105 Å². The first-order valence-corrected chi connectivity index (χ1v) is 10.4. The van der Waals surface area contributed by atoms with E-state index in [2.05, 4.69) is 22.2 Å². The van der Waals surface area contributed by atoms with Crippen molar-refractivity contribution < 1.29 is 19.4 Å². The molecule has 4 atom stereocenters. The quantitative estimate of drug-likeness (QED) is 0.802. The molecule has 8 heteroatoms. The zero-order valence-electron chi connectivity index (χ0n) is 17.7. The van der Waals surface area contributed by atoms with Crippen molar-refractivity contribution in [2.24, 2.45) is 5.41 Å². The Morgan fingerprint density at radius 1 is 1.31 bits per heavy atom. The van der Waals surface area contributed by atoms with Gasteiger partial charge in [0.1, 0.15) is 11.3 Å². The Hall–Kier alpha value is -2.22. The molecule has 1 aliphatic heterocycles. The summed E-state index contributed by atoms with van der Waals surface area (Å²) in [5, 5.41) is 13.7. The predicted molar refractivity (Wildman–Crippen MR) is 107 cm³/mol. The first-order valence-electron chi connectivity index (χ1n) is 10.4. The van der Waals surface area contributed by atoms with Gasteiger partial charge in [-0.25, -0.2) is 9.78 Å². The maximum atomic E-state index is 13.1. The number of aliphatic hydroxyl groups excluding tert-OH is 1. The number of amides is 2. The summed E-state index contributed by atoms with van der Waals surface area (Å²) in [5.41, 5.74) is -0.808. The van der Waals surface area contributed by atoms with E-state index in [-0.39, 0.29) is 36.3 Å². The number of aliphatic hydroxyl groups is 1. The summed E-state index contributed by atoms with van der Waals surface area (Å²) >= 11 is 0. The average molecular weight is 405 g/mol. The second-order valence-electron chi connectivity index (χ2n) is 9.37. The van der Waals surface area contributed by atoms with Gasteiger partial charge in [-0.05, 0) is 40.0 Å². The maximum absolute atomic E-state index is 13.1. The van der Waals surface area contributed by atoms with E-state index >= 15 is 0 Å². The molecule has 2 amide bonds.